The summed E-state index contributed by atoms with van der Waals surface area (Å²) in [6, 6.07) is 4.43. The van der Waals surface area contributed by atoms with Crippen molar-refractivity contribution in [2.45, 2.75) is 51.7 Å². The number of fused-ring (bicyclic) bond motifs is 1. The van der Waals surface area contributed by atoms with Crippen LogP contribution in [0.2, 0.25) is 0 Å². The Labute approximate surface area is 209 Å². The first-order valence-corrected chi connectivity index (χ1v) is 11.5. The van der Waals surface area contributed by atoms with Crippen LogP contribution in [0.5, 0.6) is 0 Å². The third-order valence-corrected chi connectivity index (χ3v) is 6.50. The molecule has 0 aliphatic carbocycles. The molecule has 2 N–H and O–H groups in total. The molecule has 2 aliphatic heterocycles. The molecule has 1 aromatic carbocycles. The smallest absolute Gasteiger partial charge is 0.475 e. The highest BCUT2D eigenvalue weighted by molar-refractivity contribution is 5.97. The van der Waals surface area contributed by atoms with Crippen LogP contribution in [0.1, 0.15) is 52.0 Å². The monoisotopic (exact) mass is 526 g/mol. The van der Waals surface area contributed by atoms with Gasteiger partial charge in [0.25, 0.3) is 11.5 Å². The van der Waals surface area contributed by atoms with E-state index in [0.29, 0.717) is 29.8 Å². The Bertz CT molecular complexity index is 1260. The van der Waals surface area contributed by atoms with Gasteiger partial charge in [-0.25, -0.2) is 14.3 Å². The summed E-state index contributed by atoms with van der Waals surface area (Å²) in [7, 11) is 0. The van der Waals surface area contributed by atoms with Crippen molar-refractivity contribution in [3.05, 3.63) is 62.3 Å². The summed E-state index contributed by atoms with van der Waals surface area (Å²) in [4.78, 5) is 49.4. The van der Waals surface area contributed by atoms with Crippen LogP contribution in [0.15, 0.2) is 23.0 Å². The summed E-state index contributed by atoms with van der Waals surface area (Å²) in [6.45, 7) is 4.70. The average Bonchev–Trinajstić information content (AvgIpc) is 2.85. The van der Waals surface area contributed by atoms with Crippen LogP contribution in [0.3, 0.4) is 0 Å². The molecule has 1 aromatic heterocycles. The average molecular weight is 526 g/mol. The fourth-order valence-electron chi connectivity index (χ4n) is 4.30. The van der Waals surface area contributed by atoms with Crippen molar-refractivity contribution in [3.8, 4) is 0 Å². The number of nitrogens with one attached hydrogen (secondary N) is 1. The van der Waals surface area contributed by atoms with E-state index in [4.69, 9.17) is 9.90 Å². The first-order valence-electron chi connectivity index (χ1n) is 11.5. The van der Waals surface area contributed by atoms with Gasteiger partial charge in [0.1, 0.15) is 12.4 Å². The van der Waals surface area contributed by atoms with E-state index in [2.05, 4.69) is 10.2 Å². The highest BCUT2D eigenvalue weighted by Gasteiger charge is 2.38. The van der Waals surface area contributed by atoms with Crippen molar-refractivity contribution >= 4 is 17.8 Å². The lowest BCUT2D eigenvalue weighted by Gasteiger charge is -2.43. The number of H-pyrrole nitrogens is 1. The summed E-state index contributed by atoms with van der Waals surface area (Å²) in [5.74, 6) is -3.90. The molecule has 2 amide bonds. The molecular formula is C24H26F4N4O5. The van der Waals surface area contributed by atoms with Crippen molar-refractivity contribution < 1.29 is 37.1 Å². The number of aromatic amines is 1. The predicted octanol–water partition coefficient (Wildman–Crippen LogP) is 2.59. The third kappa shape index (κ3) is 6.52. The highest BCUT2D eigenvalue weighted by atomic mass is 19.4. The number of rotatable bonds is 3. The second-order valence-electron chi connectivity index (χ2n) is 8.97. The number of halogens is 4. The van der Waals surface area contributed by atoms with E-state index >= 15 is 0 Å². The number of piperazine rings is 1. The van der Waals surface area contributed by atoms with Crippen molar-refractivity contribution in [2.75, 3.05) is 19.6 Å². The second kappa shape index (κ2) is 11.1. The topological polar surface area (TPSA) is 124 Å². The summed E-state index contributed by atoms with van der Waals surface area (Å²) in [5, 5.41) is 13.7. The van der Waals surface area contributed by atoms with Gasteiger partial charge in [-0.1, -0.05) is 6.07 Å². The SMILES string of the molecule is Cc1c(Cc2ccc(F)c(C(=O)N3CC(=O)N4CCCC[C@H]4C3)c2)n[nH]c(=O)c1C.O=C(O)C(F)(F)F. The molecule has 13 heteroatoms. The minimum atomic E-state index is -5.08. The van der Waals surface area contributed by atoms with E-state index in [1.54, 1.807) is 13.0 Å². The van der Waals surface area contributed by atoms with Gasteiger partial charge in [0, 0.05) is 31.1 Å². The molecule has 9 nitrogen and oxygen atoms in total. The Morgan fingerprint density at radius 2 is 1.84 bits per heavy atom. The Hall–Kier alpha value is -3.77. The maximum absolute atomic E-state index is 14.5. The van der Waals surface area contributed by atoms with Crippen LogP contribution in [-0.4, -0.2) is 74.7 Å². The maximum atomic E-state index is 14.5. The number of amides is 2. The van der Waals surface area contributed by atoms with Crippen LogP contribution in [0.4, 0.5) is 17.6 Å². The fraction of sp³-hybridized carbons (Fsp3) is 0.458. The molecule has 0 spiro atoms. The molecule has 0 unspecified atom stereocenters. The predicted molar refractivity (Wildman–Crippen MR) is 122 cm³/mol. The lowest BCUT2D eigenvalue weighted by molar-refractivity contribution is -0.192. The van der Waals surface area contributed by atoms with Gasteiger partial charge in [-0.2, -0.15) is 18.3 Å². The van der Waals surface area contributed by atoms with Crippen molar-refractivity contribution in [3.63, 3.8) is 0 Å². The maximum Gasteiger partial charge on any atom is 0.490 e. The standard InChI is InChI=1S/C22H25FN4O3.C2HF3O2/c1-13-14(2)21(29)25-24-19(13)10-15-6-7-18(23)17(9-15)22(30)26-11-16-5-3-4-8-27(16)20(28)12-26;3-2(4,5)1(6)7/h6-7,9,16H,3-5,8,10-12H2,1-2H3,(H,25,29);(H,6,7)/t16-;/m0./s1. The van der Waals surface area contributed by atoms with Crippen molar-refractivity contribution in [2.24, 2.45) is 0 Å². The van der Waals surface area contributed by atoms with E-state index in [1.807, 2.05) is 11.8 Å². The molecule has 2 saturated heterocycles. The molecule has 3 heterocycles. The third-order valence-electron chi connectivity index (χ3n) is 6.50. The van der Waals surface area contributed by atoms with Gasteiger partial charge in [-0.15, -0.1) is 0 Å². The van der Waals surface area contributed by atoms with Crippen LogP contribution in [0.25, 0.3) is 0 Å². The summed E-state index contributed by atoms with van der Waals surface area (Å²) in [6.07, 6.45) is -1.83. The largest absolute Gasteiger partial charge is 0.490 e. The Balaban J connectivity index is 0.000000479. The minimum Gasteiger partial charge on any atom is -0.475 e. The highest BCUT2D eigenvalue weighted by Crippen LogP contribution is 2.24. The molecule has 2 fully saturated rings. The zero-order valence-electron chi connectivity index (χ0n) is 20.2. The molecule has 4 rings (SSSR count). The fourth-order valence-corrected chi connectivity index (χ4v) is 4.30. The van der Waals surface area contributed by atoms with Crippen LogP contribution >= 0.6 is 0 Å². The zero-order chi connectivity index (χ0) is 27.5. The number of carbonyl (C=O) groups excluding carboxylic acids is 2. The number of alkyl halides is 3. The lowest BCUT2D eigenvalue weighted by Crippen LogP contribution is -2.59. The zero-order valence-corrected chi connectivity index (χ0v) is 20.2. The number of aliphatic carboxylic acids is 1. The van der Waals surface area contributed by atoms with Gasteiger partial charge < -0.3 is 14.9 Å². The Morgan fingerprint density at radius 3 is 2.49 bits per heavy atom. The summed E-state index contributed by atoms with van der Waals surface area (Å²) in [5.41, 5.74) is 2.46. The minimum absolute atomic E-state index is 0.0151. The normalized spacial score (nSPS) is 17.6. The first kappa shape index (κ1) is 27.8. The van der Waals surface area contributed by atoms with Gasteiger partial charge in [0.2, 0.25) is 5.91 Å². The molecule has 1 atom stereocenters. The number of nitrogens with zero attached hydrogens (tertiary/aromatic N) is 3. The Morgan fingerprint density at radius 1 is 1.16 bits per heavy atom. The molecule has 0 saturated carbocycles. The number of carbonyl (C=O) groups is 3. The van der Waals surface area contributed by atoms with Crippen molar-refractivity contribution in [1.82, 2.24) is 20.0 Å². The van der Waals surface area contributed by atoms with E-state index in [9.17, 15) is 31.9 Å². The number of aromatic nitrogens is 2. The van der Waals surface area contributed by atoms with Crippen LogP contribution in [0, 0.1) is 19.7 Å². The number of benzene rings is 1. The van der Waals surface area contributed by atoms with Crippen LogP contribution in [-0.2, 0) is 16.0 Å². The molecular weight excluding hydrogens is 500 g/mol. The summed E-state index contributed by atoms with van der Waals surface area (Å²) < 4.78 is 46.3. The molecule has 2 aromatic rings. The molecule has 2 aliphatic rings. The number of hydrogen-bond donors (Lipinski definition) is 2. The van der Waals surface area contributed by atoms with Crippen molar-refractivity contribution in [1.29, 1.82) is 0 Å². The van der Waals surface area contributed by atoms with Gasteiger partial charge in [-0.3, -0.25) is 14.4 Å². The number of carboxylic acid groups (broad SMARTS) is 1. The molecule has 37 heavy (non-hydrogen) atoms. The van der Waals surface area contributed by atoms with Gasteiger partial charge in [0.05, 0.1) is 11.3 Å². The van der Waals surface area contributed by atoms with Gasteiger partial charge in [0.15, 0.2) is 0 Å². The van der Waals surface area contributed by atoms with E-state index in [-0.39, 0.29) is 29.6 Å². The Kier molecular flexibility index (Phi) is 8.34. The van der Waals surface area contributed by atoms with E-state index in [1.165, 1.54) is 17.0 Å². The molecule has 200 valence electrons. The van der Waals surface area contributed by atoms with Crippen LogP contribution < -0.4 is 5.56 Å². The summed E-state index contributed by atoms with van der Waals surface area (Å²) >= 11 is 0. The lowest BCUT2D eigenvalue weighted by atomic mass is 9.98. The van der Waals surface area contributed by atoms with Gasteiger partial charge >= 0.3 is 12.1 Å². The number of carboxylic acids is 1. The quantitative estimate of drug-likeness (QED) is 0.593. The number of hydrogen-bond acceptors (Lipinski definition) is 5. The van der Waals surface area contributed by atoms with E-state index < -0.39 is 23.9 Å². The molecule has 0 radical (unpaired) electrons. The van der Waals surface area contributed by atoms with Gasteiger partial charge in [-0.05, 0) is 56.4 Å². The number of piperidine rings is 1. The molecule has 0 bridgehead atoms. The van der Waals surface area contributed by atoms with E-state index in [0.717, 1.165) is 31.4 Å². The second-order valence-corrected chi connectivity index (χ2v) is 8.97. The first-order chi connectivity index (χ1) is 17.3.